The van der Waals surface area contributed by atoms with E-state index in [9.17, 15) is 4.79 Å². The Balaban J connectivity index is 0.00000529. The molecule has 1 heterocycles. The fraction of sp³-hybridized carbons (Fsp3) is 0.765. The Morgan fingerprint density at radius 3 is 2.46 bits per heavy atom. The van der Waals surface area contributed by atoms with Crippen molar-refractivity contribution in [2.24, 2.45) is 4.99 Å². The van der Waals surface area contributed by atoms with Gasteiger partial charge in [-0.05, 0) is 32.7 Å². The molecule has 0 radical (unpaired) electrons. The molecule has 0 aromatic carbocycles. The largest absolute Gasteiger partial charge is 0.354 e. The summed E-state index contributed by atoms with van der Waals surface area (Å²) < 4.78 is 0. The van der Waals surface area contributed by atoms with Crippen LogP contribution in [0.5, 0.6) is 0 Å². The SMILES string of the molecule is C=C(C)CNC(=NCC(=O)N(C)C)NC1CCN(CCC)CC1.I. The summed E-state index contributed by atoms with van der Waals surface area (Å²) in [6.07, 6.45) is 3.42. The molecule has 2 N–H and O–H groups in total. The number of amides is 1. The molecule has 0 spiro atoms. The van der Waals surface area contributed by atoms with Gasteiger partial charge in [0.05, 0.1) is 0 Å². The minimum atomic E-state index is -0.000750. The standard InChI is InChI=1S/C17H33N5O.HI/c1-6-9-22-10-7-15(8-11-22)20-17(18-12-14(2)3)19-13-16(23)21(4)5;/h15H,2,6-13H2,1,3-5H3,(H2,18,19,20);1H. The number of carbonyl (C=O) groups excluding carboxylic acids is 1. The van der Waals surface area contributed by atoms with E-state index in [4.69, 9.17) is 0 Å². The number of rotatable bonds is 7. The Hall–Kier alpha value is -0.830. The summed E-state index contributed by atoms with van der Waals surface area (Å²) in [5.74, 6) is 0.705. The number of carbonyl (C=O) groups is 1. The minimum absolute atomic E-state index is 0. The van der Waals surface area contributed by atoms with E-state index in [2.05, 4.69) is 34.0 Å². The zero-order valence-electron chi connectivity index (χ0n) is 15.6. The fourth-order valence-corrected chi connectivity index (χ4v) is 2.49. The third-order valence-corrected chi connectivity index (χ3v) is 3.90. The molecule has 0 saturated carbocycles. The number of hydrogen-bond acceptors (Lipinski definition) is 3. The Kier molecular flexibility index (Phi) is 12.1. The third-order valence-electron chi connectivity index (χ3n) is 3.90. The predicted molar refractivity (Wildman–Crippen MR) is 112 cm³/mol. The molecule has 1 rings (SSSR count). The quantitative estimate of drug-likeness (QED) is 0.268. The first kappa shape index (κ1) is 23.2. The lowest BCUT2D eigenvalue weighted by atomic mass is 10.1. The summed E-state index contributed by atoms with van der Waals surface area (Å²) in [4.78, 5) is 20.2. The summed E-state index contributed by atoms with van der Waals surface area (Å²) in [5.41, 5.74) is 1.04. The number of aliphatic imine (C=N–C) groups is 1. The highest BCUT2D eigenvalue weighted by atomic mass is 127. The number of likely N-dealkylation sites (tertiary alicyclic amines) is 1. The molecule has 1 aliphatic heterocycles. The smallest absolute Gasteiger partial charge is 0.243 e. The van der Waals surface area contributed by atoms with Crippen LogP contribution < -0.4 is 10.6 Å². The average molecular weight is 451 g/mol. The first-order chi connectivity index (χ1) is 10.9. The second-order valence-electron chi connectivity index (χ2n) is 6.52. The topological polar surface area (TPSA) is 60.0 Å². The van der Waals surface area contributed by atoms with Crippen LogP contribution in [-0.4, -0.2) is 74.5 Å². The maximum absolute atomic E-state index is 11.7. The fourth-order valence-electron chi connectivity index (χ4n) is 2.49. The van der Waals surface area contributed by atoms with Crippen molar-refractivity contribution in [3.8, 4) is 0 Å². The van der Waals surface area contributed by atoms with E-state index < -0.39 is 0 Å². The maximum Gasteiger partial charge on any atom is 0.243 e. The van der Waals surface area contributed by atoms with Crippen LogP contribution >= 0.6 is 24.0 Å². The summed E-state index contributed by atoms with van der Waals surface area (Å²) in [5, 5.41) is 6.72. The second-order valence-corrected chi connectivity index (χ2v) is 6.52. The lowest BCUT2D eigenvalue weighted by Crippen LogP contribution is -2.49. The Labute approximate surface area is 164 Å². The molecule has 6 nitrogen and oxygen atoms in total. The van der Waals surface area contributed by atoms with Gasteiger partial charge in [0, 0.05) is 39.8 Å². The van der Waals surface area contributed by atoms with Crippen LogP contribution in [0.15, 0.2) is 17.1 Å². The van der Waals surface area contributed by atoms with Crippen molar-refractivity contribution in [1.82, 2.24) is 20.4 Å². The molecule has 1 amide bonds. The number of piperidine rings is 1. The third kappa shape index (κ3) is 9.46. The minimum Gasteiger partial charge on any atom is -0.354 e. The number of nitrogens with one attached hydrogen (secondary N) is 2. The molecule has 140 valence electrons. The van der Waals surface area contributed by atoms with Crippen molar-refractivity contribution in [1.29, 1.82) is 0 Å². The number of guanidine groups is 1. The van der Waals surface area contributed by atoms with Gasteiger partial charge in [0.15, 0.2) is 5.96 Å². The van der Waals surface area contributed by atoms with E-state index in [0.29, 0.717) is 18.5 Å². The molecule has 1 aliphatic rings. The number of likely N-dealkylation sites (N-methyl/N-ethyl adjacent to an activating group) is 1. The van der Waals surface area contributed by atoms with E-state index >= 15 is 0 Å². The van der Waals surface area contributed by atoms with Gasteiger partial charge in [-0.15, -0.1) is 24.0 Å². The molecule has 0 bridgehead atoms. The summed E-state index contributed by atoms with van der Waals surface area (Å²) in [6.45, 7) is 12.3. The van der Waals surface area contributed by atoms with Gasteiger partial charge in [0.25, 0.3) is 0 Å². The number of nitrogens with zero attached hydrogens (tertiary/aromatic N) is 3. The predicted octanol–water partition coefficient (Wildman–Crippen LogP) is 1.68. The number of halogens is 1. The molecular weight excluding hydrogens is 417 g/mol. The van der Waals surface area contributed by atoms with Gasteiger partial charge in [-0.1, -0.05) is 19.1 Å². The summed E-state index contributed by atoms with van der Waals surface area (Å²) in [7, 11) is 3.49. The van der Waals surface area contributed by atoms with E-state index in [1.165, 1.54) is 13.0 Å². The first-order valence-electron chi connectivity index (χ1n) is 8.54. The van der Waals surface area contributed by atoms with E-state index in [-0.39, 0.29) is 36.4 Å². The normalized spacial score (nSPS) is 16.2. The lowest BCUT2D eigenvalue weighted by Gasteiger charge is -2.32. The van der Waals surface area contributed by atoms with Gasteiger partial charge >= 0.3 is 0 Å². The van der Waals surface area contributed by atoms with Crippen molar-refractivity contribution in [2.75, 3.05) is 46.8 Å². The molecule has 1 fully saturated rings. The first-order valence-corrected chi connectivity index (χ1v) is 8.54. The van der Waals surface area contributed by atoms with Crippen LogP contribution in [0.2, 0.25) is 0 Å². The summed E-state index contributed by atoms with van der Waals surface area (Å²) >= 11 is 0. The van der Waals surface area contributed by atoms with Crippen LogP contribution in [-0.2, 0) is 4.79 Å². The van der Waals surface area contributed by atoms with Crippen LogP contribution in [0.25, 0.3) is 0 Å². The molecule has 0 aromatic heterocycles. The monoisotopic (exact) mass is 451 g/mol. The van der Waals surface area contributed by atoms with Crippen molar-refractivity contribution < 1.29 is 4.79 Å². The maximum atomic E-state index is 11.7. The zero-order valence-corrected chi connectivity index (χ0v) is 17.9. The highest BCUT2D eigenvalue weighted by Gasteiger charge is 2.19. The van der Waals surface area contributed by atoms with Gasteiger partial charge in [-0.3, -0.25) is 4.79 Å². The van der Waals surface area contributed by atoms with Gasteiger partial charge in [-0.25, -0.2) is 4.99 Å². The van der Waals surface area contributed by atoms with Crippen LogP contribution in [0.3, 0.4) is 0 Å². The molecule has 0 atom stereocenters. The van der Waals surface area contributed by atoms with Crippen molar-refractivity contribution in [2.45, 2.75) is 39.2 Å². The molecule has 0 unspecified atom stereocenters. The Bertz CT molecular complexity index is 417. The van der Waals surface area contributed by atoms with Crippen LogP contribution in [0, 0.1) is 0 Å². The Morgan fingerprint density at radius 2 is 1.96 bits per heavy atom. The van der Waals surface area contributed by atoms with Gasteiger partial charge in [0.2, 0.25) is 5.91 Å². The van der Waals surface area contributed by atoms with Gasteiger partial charge in [-0.2, -0.15) is 0 Å². The van der Waals surface area contributed by atoms with Crippen LogP contribution in [0.1, 0.15) is 33.1 Å². The van der Waals surface area contributed by atoms with Gasteiger partial charge in [0.1, 0.15) is 6.54 Å². The highest BCUT2D eigenvalue weighted by Crippen LogP contribution is 2.10. The lowest BCUT2D eigenvalue weighted by molar-refractivity contribution is -0.127. The van der Waals surface area contributed by atoms with Crippen molar-refractivity contribution in [3.63, 3.8) is 0 Å². The molecular formula is C17H34IN5O. The molecule has 7 heteroatoms. The van der Waals surface area contributed by atoms with Crippen LogP contribution in [0.4, 0.5) is 0 Å². The summed E-state index contributed by atoms with van der Waals surface area (Å²) in [6, 6.07) is 0.411. The van der Waals surface area contributed by atoms with E-state index in [1.807, 2.05) is 6.92 Å². The molecule has 0 aromatic rings. The number of hydrogen-bond donors (Lipinski definition) is 2. The second kappa shape index (κ2) is 12.5. The van der Waals surface area contributed by atoms with Gasteiger partial charge < -0.3 is 20.4 Å². The van der Waals surface area contributed by atoms with Crippen molar-refractivity contribution in [3.05, 3.63) is 12.2 Å². The van der Waals surface area contributed by atoms with E-state index in [1.54, 1.807) is 19.0 Å². The molecule has 0 aliphatic carbocycles. The Morgan fingerprint density at radius 1 is 1.33 bits per heavy atom. The molecule has 1 saturated heterocycles. The highest BCUT2D eigenvalue weighted by molar-refractivity contribution is 14.0. The van der Waals surface area contributed by atoms with E-state index in [0.717, 1.165) is 31.5 Å². The average Bonchev–Trinajstić information content (AvgIpc) is 2.51. The van der Waals surface area contributed by atoms with Crippen molar-refractivity contribution >= 4 is 35.8 Å². The zero-order chi connectivity index (χ0) is 17.2. The molecule has 24 heavy (non-hydrogen) atoms.